The first-order chi connectivity index (χ1) is 11.2. The van der Waals surface area contributed by atoms with Crippen LogP contribution in [0.2, 0.25) is 0 Å². The lowest BCUT2D eigenvalue weighted by Crippen LogP contribution is -2.55. The minimum absolute atomic E-state index is 0.0210. The van der Waals surface area contributed by atoms with E-state index in [0.29, 0.717) is 13.1 Å². The highest BCUT2D eigenvalue weighted by atomic mass is 16.6. The molecule has 1 saturated carbocycles. The summed E-state index contributed by atoms with van der Waals surface area (Å²) in [4.78, 5) is 35.0. The average molecular weight is 342 g/mol. The highest BCUT2D eigenvalue weighted by Gasteiger charge is 2.34. The maximum absolute atomic E-state index is 11.8. The standard InChI is InChI=1S/C16H30N4O4/c1-5-17-13(22)20-12(21)10-19-16(8-6-7-9-16)11-18-14(23)24-15(2,3)4/h19H,5-11H2,1-4H3,(H,18,23)(H2,17,20,21,22). The molecular formula is C16H30N4O4. The van der Waals surface area contributed by atoms with Crippen LogP contribution < -0.4 is 21.3 Å². The van der Waals surface area contributed by atoms with Crippen molar-refractivity contribution in [1.82, 2.24) is 21.3 Å². The van der Waals surface area contributed by atoms with Crippen LogP contribution in [0.1, 0.15) is 53.4 Å². The van der Waals surface area contributed by atoms with Crippen molar-refractivity contribution in [2.24, 2.45) is 0 Å². The Balaban J connectivity index is 2.46. The number of ether oxygens (including phenoxy) is 1. The van der Waals surface area contributed by atoms with E-state index < -0.39 is 23.6 Å². The molecule has 0 aromatic rings. The SMILES string of the molecule is CCNC(=O)NC(=O)CNC1(CNC(=O)OC(C)(C)C)CCCC1. The van der Waals surface area contributed by atoms with Gasteiger partial charge in [-0.15, -0.1) is 0 Å². The first-order valence-electron chi connectivity index (χ1n) is 8.45. The summed E-state index contributed by atoms with van der Waals surface area (Å²) in [6.45, 7) is 8.06. The smallest absolute Gasteiger partial charge is 0.407 e. The van der Waals surface area contributed by atoms with Crippen molar-refractivity contribution in [3.8, 4) is 0 Å². The number of amides is 4. The molecule has 0 spiro atoms. The van der Waals surface area contributed by atoms with Gasteiger partial charge >= 0.3 is 12.1 Å². The van der Waals surface area contributed by atoms with Gasteiger partial charge in [0.05, 0.1) is 6.54 Å². The average Bonchev–Trinajstić information content (AvgIpc) is 2.91. The van der Waals surface area contributed by atoms with Gasteiger partial charge in [-0.25, -0.2) is 9.59 Å². The lowest BCUT2D eigenvalue weighted by Gasteiger charge is -2.31. The van der Waals surface area contributed by atoms with Crippen LogP contribution in [0.3, 0.4) is 0 Å². The number of alkyl carbamates (subject to hydrolysis) is 1. The molecule has 0 aromatic heterocycles. The number of imide groups is 1. The molecule has 1 aliphatic rings. The van der Waals surface area contributed by atoms with Crippen molar-refractivity contribution in [2.75, 3.05) is 19.6 Å². The molecule has 0 aromatic carbocycles. The fourth-order valence-corrected chi connectivity index (χ4v) is 2.67. The summed E-state index contributed by atoms with van der Waals surface area (Å²) in [6.07, 6.45) is 3.30. The van der Waals surface area contributed by atoms with E-state index in [4.69, 9.17) is 4.74 Å². The fourth-order valence-electron chi connectivity index (χ4n) is 2.67. The van der Waals surface area contributed by atoms with Gasteiger partial charge in [-0.2, -0.15) is 0 Å². The third kappa shape index (κ3) is 7.63. The van der Waals surface area contributed by atoms with E-state index in [1.807, 2.05) is 20.8 Å². The zero-order valence-corrected chi connectivity index (χ0v) is 15.1. The molecule has 1 fully saturated rings. The van der Waals surface area contributed by atoms with Gasteiger partial charge in [0.2, 0.25) is 5.91 Å². The molecule has 8 nitrogen and oxygen atoms in total. The van der Waals surface area contributed by atoms with Gasteiger partial charge in [0, 0.05) is 18.6 Å². The first-order valence-corrected chi connectivity index (χ1v) is 8.45. The van der Waals surface area contributed by atoms with Crippen molar-refractivity contribution in [1.29, 1.82) is 0 Å². The van der Waals surface area contributed by atoms with E-state index in [1.165, 1.54) is 0 Å². The molecule has 0 saturated heterocycles. The van der Waals surface area contributed by atoms with Gasteiger partial charge in [0.25, 0.3) is 0 Å². The molecule has 0 unspecified atom stereocenters. The van der Waals surface area contributed by atoms with Crippen LogP contribution in [-0.2, 0) is 9.53 Å². The van der Waals surface area contributed by atoms with Crippen LogP contribution in [0.25, 0.3) is 0 Å². The molecule has 24 heavy (non-hydrogen) atoms. The minimum atomic E-state index is -0.549. The topological polar surface area (TPSA) is 109 Å². The molecule has 0 aliphatic heterocycles. The zero-order valence-electron chi connectivity index (χ0n) is 15.1. The summed E-state index contributed by atoms with van der Waals surface area (Å²) < 4.78 is 5.24. The summed E-state index contributed by atoms with van der Waals surface area (Å²) in [5.74, 6) is -0.399. The van der Waals surface area contributed by atoms with Crippen molar-refractivity contribution < 1.29 is 19.1 Å². The summed E-state index contributed by atoms with van der Waals surface area (Å²) in [5.41, 5.74) is -0.887. The molecule has 138 valence electrons. The normalized spacial score (nSPS) is 16.3. The predicted octanol–water partition coefficient (Wildman–Crippen LogP) is 1.26. The molecular weight excluding hydrogens is 312 g/mol. The van der Waals surface area contributed by atoms with E-state index >= 15 is 0 Å². The quantitative estimate of drug-likeness (QED) is 0.581. The van der Waals surface area contributed by atoms with E-state index in [-0.39, 0.29) is 12.1 Å². The van der Waals surface area contributed by atoms with Crippen molar-refractivity contribution in [3.63, 3.8) is 0 Å². The lowest BCUT2D eigenvalue weighted by atomic mass is 9.97. The van der Waals surface area contributed by atoms with Gasteiger partial charge < -0.3 is 20.7 Å². The van der Waals surface area contributed by atoms with Crippen LogP contribution in [0, 0.1) is 0 Å². The molecule has 4 amide bonds. The Bertz CT molecular complexity index is 453. The maximum Gasteiger partial charge on any atom is 0.407 e. The number of carbonyl (C=O) groups excluding carboxylic acids is 3. The minimum Gasteiger partial charge on any atom is -0.444 e. The van der Waals surface area contributed by atoms with Gasteiger partial charge in [0.15, 0.2) is 0 Å². The third-order valence-corrected chi connectivity index (χ3v) is 3.74. The van der Waals surface area contributed by atoms with E-state index in [1.54, 1.807) is 6.92 Å². The first kappa shape index (κ1) is 20.2. The highest BCUT2D eigenvalue weighted by molar-refractivity contribution is 5.95. The molecule has 4 N–H and O–H groups in total. The van der Waals surface area contributed by atoms with Gasteiger partial charge in [-0.05, 0) is 40.5 Å². The predicted molar refractivity (Wildman–Crippen MR) is 90.7 cm³/mol. The van der Waals surface area contributed by atoms with Crippen LogP contribution in [0.5, 0.6) is 0 Å². The van der Waals surface area contributed by atoms with Crippen LogP contribution in [0.15, 0.2) is 0 Å². The van der Waals surface area contributed by atoms with Gasteiger partial charge in [-0.3, -0.25) is 10.1 Å². The van der Waals surface area contributed by atoms with E-state index in [9.17, 15) is 14.4 Å². The molecule has 1 rings (SSSR count). The van der Waals surface area contributed by atoms with Crippen LogP contribution in [-0.4, -0.2) is 48.8 Å². The largest absolute Gasteiger partial charge is 0.444 e. The molecule has 0 atom stereocenters. The monoisotopic (exact) mass is 342 g/mol. The number of urea groups is 1. The van der Waals surface area contributed by atoms with Crippen molar-refractivity contribution in [3.05, 3.63) is 0 Å². The van der Waals surface area contributed by atoms with Crippen LogP contribution in [0.4, 0.5) is 9.59 Å². The Morgan fingerprint density at radius 2 is 1.71 bits per heavy atom. The lowest BCUT2D eigenvalue weighted by molar-refractivity contribution is -0.119. The molecule has 0 bridgehead atoms. The number of hydrogen-bond donors (Lipinski definition) is 4. The molecule has 1 aliphatic carbocycles. The van der Waals surface area contributed by atoms with E-state index in [0.717, 1.165) is 25.7 Å². The Morgan fingerprint density at radius 1 is 1.08 bits per heavy atom. The number of rotatable bonds is 6. The molecule has 8 heteroatoms. The Hall–Kier alpha value is -1.83. The van der Waals surface area contributed by atoms with Crippen molar-refractivity contribution >= 4 is 18.0 Å². The van der Waals surface area contributed by atoms with E-state index in [2.05, 4.69) is 21.3 Å². The Labute approximate surface area is 143 Å². The zero-order chi connectivity index (χ0) is 18.2. The second-order valence-corrected chi connectivity index (χ2v) is 7.10. The van der Waals surface area contributed by atoms with Gasteiger partial charge in [-0.1, -0.05) is 12.8 Å². The maximum atomic E-state index is 11.8. The number of carbonyl (C=O) groups is 3. The Kier molecular flexibility index (Phi) is 7.47. The Morgan fingerprint density at radius 3 is 2.25 bits per heavy atom. The number of nitrogens with one attached hydrogen (secondary N) is 4. The van der Waals surface area contributed by atoms with Crippen LogP contribution >= 0.6 is 0 Å². The third-order valence-electron chi connectivity index (χ3n) is 3.74. The molecule has 0 radical (unpaired) electrons. The molecule has 0 heterocycles. The highest BCUT2D eigenvalue weighted by Crippen LogP contribution is 2.29. The second kappa shape index (κ2) is 8.86. The number of hydrogen-bond acceptors (Lipinski definition) is 5. The van der Waals surface area contributed by atoms with Gasteiger partial charge in [0.1, 0.15) is 5.60 Å². The summed E-state index contributed by atoms with van der Waals surface area (Å²) in [6, 6.07) is -0.503. The second-order valence-electron chi connectivity index (χ2n) is 7.10. The fraction of sp³-hybridized carbons (Fsp3) is 0.812. The van der Waals surface area contributed by atoms with Crippen molar-refractivity contribution in [2.45, 2.75) is 64.5 Å². The summed E-state index contributed by atoms with van der Waals surface area (Å²) in [5, 5.41) is 10.7. The summed E-state index contributed by atoms with van der Waals surface area (Å²) >= 11 is 0. The summed E-state index contributed by atoms with van der Waals surface area (Å²) in [7, 11) is 0.